The maximum Gasteiger partial charge on any atom is 0.243 e. The quantitative estimate of drug-likeness (QED) is 0.705. The van der Waals surface area contributed by atoms with Gasteiger partial charge in [-0.2, -0.15) is 0 Å². The van der Waals surface area contributed by atoms with Crippen molar-refractivity contribution in [3.63, 3.8) is 0 Å². The minimum absolute atomic E-state index is 0.0372. The molecule has 3 rings (SSSR count). The van der Waals surface area contributed by atoms with Gasteiger partial charge in [-0.25, -0.2) is 0 Å². The Hall–Kier alpha value is -2.28. The van der Waals surface area contributed by atoms with Crippen LogP contribution in [0.3, 0.4) is 0 Å². The Bertz CT molecular complexity index is 658. The van der Waals surface area contributed by atoms with Crippen molar-refractivity contribution in [2.24, 2.45) is 23.5 Å². The van der Waals surface area contributed by atoms with Crippen molar-refractivity contribution in [3.8, 4) is 11.5 Å². The summed E-state index contributed by atoms with van der Waals surface area (Å²) in [5.41, 5.74) is 6.84. The maximum absolute atomic E-state index is 12.5. The third-order valence-electron chi connectivity index (χ3n) is 5.84. The second-order valence-corrected chi connectivity index (χ2v) is 7.56. The zero-order valence-corrected chi connectivity index (χ0v) is 16.0. The minimum Gasteiger partial charge on any atom is -0.497 e. The van der Waals surface area contributed by atoms with Gasteiger partial charge in [-0.3, -0.25) is 9.59 Å². The van der Waals surface area contributed by atoms with Crippen LogP contribution in [0.25, 0.3) is 0 Å². The molecule has 0 aliphatic heterocycles. The van der Waals surface area contributed by atoms with Crippen molar-refractivity contribution < 1.29 is 19.1 Å². The predicted octanol–water partition coefficient (Wildman–Crippen LogP) is 1.91. The predicted molar refractivity (Wildman–Crippen MR) is 103 cm³/mol. The first kappa shape index (κ1) is 19.5. The van der Waals surface area contributed by atoms with Crippen LogP contribution in [0.15, 0.2) is 18.2 Å². The molecule has 1 aromatic rings. The monoisotopic (exact) mass is 375 g/mol. The fraction of sp³-hybridized carbons (Fsp3) is 0.600. The Morgan fingerprint density at radius 3 is 2.22 bits per heavy atom. The summed E-state index contributed by atoms with van der Waals surface area (Å²) in [5, 5.41) is 5.54. The van der Waals surface area contributed by atoms with E-state index in [0.29, 0.717) is 29.0 Å². The first-order valence-corrected chi connectivity index (χ1v) is 9.56. The van der Waals surface area contributed by atoms with Crippen LogP contribution < -0.4 is 25.8 Å². The van der Waals surface area contributed by atoms with Gasteiger partial charge in [0.2, 0.25) is 11.8 Å². The van der Waals surface area contributed by atoms with Gasteiger partial charge in [-0.05, 0) is 37.5 Å². The lowest BCUT2D eigenvalue weighted by atomic mass is 9.65. The number of hydrogen-bond donors (Lipinski definition) is 3. The summed E-state index contributed by atoms with van der Waals surface area (Å²) in [6, 6.07) is 5.36. The van der Waals surface area contributed by atoms with E-state index in [2.05, 4.69) is 10.6 Å². The number of hydrogen-bond acceptors (Lipinski definition) is 5. The molecule has 2 unspecified atom stereocenters. The number of fused-ring (bicyclic) bond motifs is 2. The van der Waals surface area contributed by atoms with Gasteiger partial charge in [0.1, 0.15) is 11.5 Å². The Labute approximate surface area is 160 Å². The molecule has 27 heavy (non-hydrogen) atoms. The third kappa shape index (κ3) is 4.71. The standard InChI is InChI=1S/C20H29N3O4/c1-26-16-8-15(9-17(10-16)27-2)23-18(24)11-22-20(25)14-6-12-4-3-5-13(7-14)19(12)21/h8-10,12-14,19H,3-7,11,21H2,1-2H3,(H,22,25)(H,23,24). The van der Waals surface area contributed by atoms with Crippen molar-refractivity contribution in [1.82, 2.24) is 5.32 Å². The van der Waals surface area contributed by atoms with Gasteiger partial charge in [0, 0.05) is 35.8 Å². The number of nitrogens with two attached hydrogens (primary N) is 1. The molecular formula is C20H29N3O4. The van der Waals surface area contributed by atoms with Crippen molar-refractivity contribution in [2.45, 2.75) is 38.1 Å². The summed E-state index contributed by atoms with van der Waals surface area (Å²) in [6.07, 6.45) is 5.10. The van der Waals surface area contributed by atoms with Crippen LogP contribution in [-0.4, -0.2) is 38.6 Å². The zero-order chi connectivity index (χ0) is 19.4. The normalized spacial score (nSPS) is 26.8. The molecule has 2 fully saturated rings. The highest BCUT2D eigenvalue weighted by molar-refractivity contribution is 5.95. The number of carbonyl (C=O) groups excluding carboxylic acids is 2. The molecule has 148 valence electrons. The number of methoxy groups -OCH3 is 2. The highest BCUT2D eigenvalue weighted by Gasteiger charge is 2.40. The number of amides is 2. The Balaban J connectivity index is 1.51. The molecule has 0 radical (unpaired) electrons. The largest absolute Gasteiger partial charge is 0.497 e. The fourth-order valence-electron chi connectivity index (χ4n) is 4.40. The Morgan fingerprint density at radius 1 is 1.07 bits per heavy atom. The molecule has 2 aliphatic carbocycles. The Kier molecular flexibility index (Phi) is 6.21. The average molecular weight is 375 g/mol. The second-order valence-electron chi connectivity index (χ2n) is 7.56. The molecule has 2 saturated carbocycles. The van der Waals surface area contributed by atoms with Crippen LogP contribution >= 0.6 is 0 Å². The molecule has 7 heteroatoms. The van der Waals surface area contributed by atoms with E-state index in [1.807, 2.05) is 0 Å². The molecular weight excluding hydrogens is 346 g/mol. The van der Waals surface area contributed by atoms with E-state index < -0.39 is 0 Å². The molecule has 2 aliphatic rings. The number of benzene rings is 1. The van der Waals surface area contributed by atoms with Gasteiger partial charge >= 0.3 is 0 Å². The molecule has 7 nitrogen and oxygen atoms in total. The number of ether oxygens (including phenoxy) is 2. The van der Waals surface area contributed by atoms with E-state index in [1.165, 1.54) is 6.42 Å². The summed E-state index contributed by atoms with van der Waals surface area (Å²) in [6.45, 7) is -0.0593. The lowest BCUT2D eigenvalue weighted by molar-refractivity contribution is -0.129. The summed E-state index contributed by atoms with van der Waals surface area (Å²) < 4.78 is 10.4. The summed E-state index contributed by atoms with van der Waals surface area (Å²) in [4.78, 5) is 24.7. The zero-order valence-electron chi connectivity index (χ0n) is 16.0. The molecule has 0 saturated heterocycles. The number of anilines is 1. The highest BCUT2D eigenvalue weighted by Crippen LogP contribution is 2.41. The first-order chi connectivity index (χ1) is 13.0. The third-order valence-corrected chi connectivity index (χ3v) is 5.84. The van der Waals surface area contributed by atoms with Crippen molar-refractivity contribution >= 4 is 17.5 Å². The van der Waals surface area contributed by atoms with E-state index in [1.54, 1.807) is 32.4 Å². The van der Waals surface area contributed by atoms with Crippen molar-refractivity contribution in [3.05, 3.63) is 18.2 Å². The van der Waals surface area contributed by atoms with Crippen LogP contribution in [-0.2, 0) is 9.59 Å². The number of rotatable bonds is 6. The summed E-state index contributed by atoms with van der Waals surface area (Å²) in [5.74, 6) is 1.67. The SMILES string of the molecule is COc1cc(NC(=O)CNC(=O)C2CC3CCCC(C2)C3N)cc(OC)c1. The minimum atomic E-state index is -0.286. The molecule has 2 atom stereocenters. The smallest absolute Gasteiger partial charge is 0.243 e. The van der Waals surface area contributed by atoms with Crippen LogP contribution in [0.2, 0.25) is 0 Å². The maximum atomic E-state index is 12.5. The van der Waals surface area contributed by atoms with Crippen molar-refractivity contribution in [1.29, 1.82) is 0 Å². The lowest BCUT2D eigenvalue weighted by Crippen LogP contribution is -2.49. The van der Waals surface area contributed by atoms with Crippen LogP contribution in [0.1, 0.15) is 32.1 Å². The van der Waals surface area contributed by atoms with E-state index in [0.717, 1.165) is 25.7 Å². The summed E-state index contributed by atoms with van der Waals surface area (Å²) in [7, 11) is 3.10. The molecule has 4 N–H and O–H groups in total. The Morgan fingerprint density at radius 2 is 1.67 bits per heavy atom. The molecule has 0 spiro atoms. The first-order valence-electron chi connectivity index (χ1n) is 9.56. The van der Waals surface area contributed by atoms with Gasteiger partial charge in [0.15, 0.2) is 0 Å². The second kappa shape index (κ2) is 8.61. The van der Waals surface area contributed by atoms with E-state index >= 15 is 0 Å². The van der Waals surface area contributed by atoms with Crippen molar-refractivity contribution in [2.75, 3.05) is 26.1 Å². The van der Waals surface area contributed by atoms with Gasteiger partial charge in [-0.1, -0.05) is 6.42 Å². The van der Waals surface area contributed by atoms with E-state index in [-0.39, 0.29) is 30.3 Å². The average Bonchev–Trinajstić information content (AvgIpc) is 2.65. The molecule has 0 aromatic heterocycles. The highest BCUT2D eigenvalue weighted by atomic mass is 16.5. The molecule has 2 amide bonds. The van der Waals surface area contributed by atoms with Crippen LogP contribution in [0, 0.1) is 17.8 Å². The van der Waals surface area contributed by atoms with E-state index in [9.17, 15) is 9.59 Å². The number of carbonyl (C=O) groups is 2. The van der Waals surface area contributed by atoms with Gasteiger partial charge in [0.25, 0.3) is 0 Å². The summed E-state index contributed by atoms with van der Waals surface area (Å²) >= 11 is 0. The molecule has 2 bridgehead atoms. The van der Waals surface area contributed by atoms with E-state index in [4.69, 9.17) is 15.2 Å². The van der Waals surface area contributed by atoms with Gasteiger partial charge in [-0.15, -0.1) is 0 Å². The number of nitrogens with one attached hydrogen (secondary N) is 2. The van der Waals surface area contributed by atoms with Crippen LogP contribution in [0.5, 0.6) is 11.5 Å². The molecule has 0 heterocycles. The van der Waals surface area contributed by atoms with Crippen LogP contribution in [0.4, 0.5) is 5.69 Å². The van der Waals surface area contributed by atoms with Gasteiger partial charge in [0.05, 0.1) is 20.8 Å². The topological polar surface area (TPSA) is 103 Å². The molecule has 1 aromatic carbocycles. The van der Waals surface area contributed by atoms with Gasteiger partial charge < -0.3 is 25.8 Å². The fourth-order valence-corrected chi connectivity index (χ4v) is 4.40. The lowest BCUT2D eigenvalue weighted by Gasteiger charge is -2.43.